The molecule has 0 spiro atoms. The summed E-state index contributed by atoms with van der Waals surface area (Å²) in [5.41, 5.74) is 0. The van der Waals surface area contributed by atoms with Gasteiger partial charge < -0.3 is 25.2 Å². The molecule has 2 rings (SSSR count). The number of hydrogen-bond acceptors (Lipinski definition) is 4. The maximum absolute atomic E-state index is 12.2. The van der Waals surface area contributed by atoms with E-state index in [0.29, 0.717) is 19.6 Å². The van der Waals surface area contributed by atoms with Crippen LogP contribution < -0.4 is 5.32 Å². The summed E-state index contributed by atoms with van der Waals surface area (Å²) in [6.07, 6.45) is 3.34. The summed E-state index contributed by atoms with van der Waals surface area (Å²) in [4.78, 5) is 24.7. The van der Waals surface area contributed by atoms with Gasteiger partial charge in [0, 0.05) is 0 Å². The molecule has 0 aromatic rings. The number of carbonyl (C=O) groups excluding carboxylic acids is 1. The highest BCUT2D eigenvalue weighted by molar-refractivity contribution is 5.76. The van der Waals surface area contributed by atoms with Gasteiger partial charge in [0.25, 0.3) is 0 Å². The molecular weight excluding hydrogens is 264 g/mol. The fourth-order valence-corrected chi connectivity index (χ4v) is 2.44. The number of rotatable bonds is 3. The van der Waals surface area contributed by atoms with Gasteiger partial charge in [0.1, 0.15) is 0 Å². The highest BCUT2D eigenvalue weighted by Gasteiger charge is 2.32. The predicted octanol–water partition coefficient (Wildman–Crippen LogP) is -0.193. The smallest absolute Gasteiger partial charge is 0.318 e. The molecule has 7 nitrogen and oxygen atoms in total. The second kappa shape index (κ2) is 6.23. The first-order valence-electron chi connectivity index (χ1n) is 6.72. The molecule has 1 aliphatic heterocycles. The van der Waals surface area contributed by atoms with Crippen molar-refractivity contribution in [1.82, 2.24) is 10.2 Å². The third kappa shape index (κ3) is 3.29. The summed E-state index contributed by atoms with van der Waals surface area (Å²) < 4.78 is 5.37. The van der Waals surface area contributed by atoms with Crippen molar-refractivity contribution >= 4 is 12.0 Å². The molecular formula is C13H20N2O5. The number of carboxylic acids is 1. The lowest BCUT2D eigenvalue weighted by Gasteiger charge is -2.37. The molecule has 2 aliphatic rings. The summed E-state index contributed by atoms with van der Waals surface area (Å²) in [6.45, 7) is 2.47. The number of urea groups is 1. The summed E-state index contributed by atoms with van der Waals surface area (Å²) in [5.74, 6) is -1.41. The van der Waals surface area contributed by atoms with Gasteiger partial charge in [-0.1, -0.05) is 12.2 Å². The molecule has 3 N–H and O–H groups in total. The van der Waals surface area contributed by atoms with E-state index in [2.05, 4.69) is 5.32 Å². The molecule has 112 valence electrons. The van der Waals surface area contributed by atoms with E-state index in [1.165, 1.54) is 0 Å². The Labute approximate surface area is 117 Å². The van der Waals surface area contributed by atoms with Crippen LogP contribution in [0, 0.1) is 5.92 Å². The minimum absolute atomic E-state index is 0.0709. The third-order valence-corrected chi connectivity index (χ3v) is 3.68. The fourth-order valence-electron chi connectivity index (χ4n) is 2.44. The first-order chi connectivity index (χ1) is 9.51. The molecule has 1 fully saturated rings. The van der Waals surface area contributed by atoms with E-state index in [1.54, 1.807) is 17.1 Å². The van der Waals surface area contributed by atoms with Crippen molar-refractivity contribution in [2.45, 2.75) is 31.5 Å². The van der Waals surface area contributed by atoms with Crippen molar-refractivity contribution in [2.75, 3.05) is 19.8 Å². The Morgan fingerprint density at radius 3 is 2.80 bits per heavy atom. The van der Waals surface area contributed by atoms with Crippen LogP contribution in [-0.4, -0.2) is 65.1 Å². The van der Waals surface area contributed by atoms with E-state index >= 15 is 0 Å². The average Bonchev–Trinajstić information content (AvgIpc) is 2.88. The van der Waals surface area contributed by atoms with Gasteiger partial charge in [-0.3, -0.25) is 4.79 Å². The van der Waals surface area contributed by atoms with Gasteiger partial charge in [-0.25, -0.2) is 4.79 Å². The summed E-state index contributed by atoms with van der Waals surface area (Å²) >= 11 is 0. The van der Waals surface area contributed by atoms with Gasteiger partial charge in [-0.05, 0) is 13.3 Å². The van der Waals surface area contributed by atoms with E-state index in [9.17, 15) is 9.59 Å². The number of aliphatic hydroxyl groups excluding tert-OH is 1. The van der Waals surface area contributed by atoms with E-state index in [0.717, 1.165) is 0 Å². The standard InChI is InChI=1S/C13H20N2O5/c1-8-7-20-11(6-16)5-15(8)13(19)14-10-3-2-9(4-10)12(17)18/h2-3,8-11,16H,4-7H2,1H3,(H,14,19)(H,17,18). The molecule has 0 aromatic carbocycles. The largest absolute Gasteiger partial charge is 0.481 e. The SMILES string of the molecule is CC1COC(CO)CN1C(=O)NC1C=CC(C(=O)O)C1. The second-order valence-corrected chi connectivity index (χ2v) is 5.26. The first-order valence-corrected chi connectivity index (χ1v) is 6.72. The number of aliphatic carboxylic acids is 1. The number of carbonyl (C=O) groups is 2. The molecule has 4 atom stereocenters. The van der Waals surface area contributed by atoms with Crippen molar-refractivity contribution in [3.05, 3.63) is 12.2 Å². The number of ether oxygens (including phenoxy) is 1. The van der Waals surface area contributed by atoms with Gasteiger partial charge in [-0.2, -0.15) is 0 Å². The number of carboxylic acid groups (broad SMARTS) is 1. The van der Waals surface area contributed by atoms with Gasteiger partial charge in [0.15, 0.2) is 0 Å². The number of hydrogen-bond donors (Lipinski definition) is 3. The third-order valence-electron chi connectivity index (χ3n) is 3.68. The summed E-state index contributed by atoms with van der Waals surface area (Å²) in [5, 5.41) is 20.8. The molecule has 4 unspecified atom stereocenters. The maximum atomic E-state index is 12.2. The van der Waals surface area contributed by atoms with Gasteiger partial charge in [0.2, 0.25) is 0 Å². The second-order valence-electron chi connectivity index (χ2n) is 5.26. The topological polar surface area (TPSA) is 99.1 Å². The number of aliphatic hydroxyl groups is 1. The molecule has 7 heteroatoms. The lowest BCUT2D eigenvalue weighted by molar-refractivity contribution is -0.140. The summed E-state index contributed by atoms with van der Waals surface area (Å²) in [7, 11) is 0. The van der Waals surface area contributed by atoms with Crippen LogP contribution in [0.3, 0.4) is 0 Å². The number of amides is 2. The first kappa shape index (κ1) is 14.8. The van der Waals surface area contributed by atoms with Crippen molar-refractivity contribution < 1.29 is 24.5 Å². The Balaban J connectivity index is 1.88. The van der Waals surface area contributed by atoms with Crippen LogP contribution in [0.4, 0.5) is 4.79 Å². The predicted molar refractivity (Wildman–Crippen MR) is 70.2 cm³/mol. The Kier molecular flexibility index (Phi) is 4.61. The van der Waals surface area contributed by atoms with Crippen molar-refractivity contribution in [3.63, 3.8) is 0 Å². The van der Waals surface area contributed by atoms with E-state index in [4.69, 9.17) is 14.9 Å². The monoisotopic (exact) mass is 284 g/mol. The van der Waals surface area contributed by atoms with Crippen LogP contribution >= 0.6 is 0 Å². The van der Waals surface area contributed by atoms with E-state index in [-0.39, 0.29) is 30.8 Å². The Morgan fingerprint density at radius 2 is 2.20 bits per heavy atom. The summed E-state index contributed by atoms with van der Waals surface area (Å²) in [6, 6.07) is -0.579. The highest BCUT2D eigenvalue weighted by atomic mass is 16.5. The van der Waals surface area contributed by atoms with Gasteiger partial charge >= 0.3 is 12.0 Å². The number of nitrogens with zero attached hydrogens (tertiary/aromatic N) is 1. The van der Waals surface area contributed by atoms with E-state index in [1.807, 2.05) is 6.92 Å². The lowest BCUT2D eigenvalue weighted by Crippen LogP contribution is -2.56. The quantitative estimate of drug-likeness (QED) is 0.624. The molecule has 1 saturated heterocycles. The zero-order valence-electron chi connectivity index (χ0n) is 11.4. The minimum Gasteiger partial charge on any atom is -0.481 e. The molecule has 1 heterocycles. The van der Waals surface area contributed by atoms with Gasteiger partial charge in [0.05, 0.1) is 43.9 Å². The Hall–Kier alpha value is -1.60. The zero-order chi connectivity index (χ0) is 14.7. The van der Waals surface area contributed by atoms with Crippen LogP contribution in [0.5, 0.6) is 0 Å². The molecule has 20 heavy (non-hydrogen) atoms. The maximum Gasteiger partial charge on any atom is 0.318 e. The molecule has 0 radical (unpaired) electrons. The normalized spacial score (nSPS) is 33.2. The zero-order valence-corrected chi connectivity index (χ0v) is 11.4. The minimum atomic E-state index is -0.877. The molecule has 0 bridgehead atoms. The molecule has 0 saturated carbocycles. The van der Waals surface area contributed by atoms with Crippen molar-refractivity contribution in [2.24, 2.45) is 5.92 Å². The fraction of sp³-hybridized carbons (Fsp3) is 0.692. The molecule has 1 aliphatic carbocycles. The van der Waals surface area contributed by atoms with Crippen LogP contribution in [0.15, 0.2) is 12.2 Å². The highest BCUT2D eigenvalue weighted by Crippen LogP contribution is 2.19. The Morgan fingerprint density at radius 1 is 1.45 bits per heavy atom. The lowest BCUT2D eigenvalue weighted by atomic mass is 10.1. The molecule has 0 aromatic heterocycles. The molecule has 2 amide bonds. The van der Waals surface area contributed by atoms with Gasteiger partial charge in [-0.15, -0.1) is 0 Å². The van der Waals surface area contributed by atoms with Crippen LogP contribution in [0.1, 0.15) is 13.3 Å². The Bertz CT molecular complexity index is 412. The average molecular weight is 284 g/mol. The van der Waals surface area contributed by atoms with Crippen LogP contribution in [-0.2, 0) is 9.53 Å². The van der Waals surface area contributed by atoms with E-state index < -0.39 is 11.9 Å². The van der Waals surface area contributed by atoms with Crippen LogP contribution in [0.25, 0.3) is 0 Å². The van der Waals surface area contributed by atoms with Crippen molar-refractivity contribution in [3.8, 4) is 0 Å². The number of nitrogens with one attached hydrogen (secondary N) is 1. The van der Waals surface area contributed by atoms with Crippen LogP contribution in [0.2, 0.25) is 0 Å². The van der Waals surface area contributed by atoms with Crippen molar-refractivity contribution in [1.29, 1.82) is 0 Å². The number of morpholine rings is 1.